The van der Waals surface area contributed by atoms with Gasteiger partial charge in [-0.2, -0.15) is 5.10 Å². The monoisotopic (exact) mass is 400 g/mol. The van der Waals surface area contributed by atoms with Crippen molar-refractivity contribution >= 4 is 10.9 Å². The van der Waals surface area contributed by atoms with E-state index in [0.29, 0.717) is 5.75 Å². The normalized spacial score (nSPS) is 27.3. The fraction of sp³-hybridized carbons (Fsp3) is 0.381. The lowest BCUT2D eigenvalue weighted by molar-refractivity contribution is -0.277. The zero-order chi connectivity index (χ0) is 20.7. The Morgan fingerprint density at radius 1 is 1.00 bits per heavy atom. The Labute approximate surface area is 167 Å². The van der Waals surface area contributed by atoms with Crippen molar-refractivity contribution in [1.29, 1.82) is 0 Å². The second-order valence-corrected chi connectivity index (χ2v) is 7.38. The molecule has 4 rings (SSSR count). The van der Waals surface area contributed by atoms with Crippen LogP contribution in [0.4, 0.5) is 0 Å². The van der Waals surface area contributed by atoms with E-state index >= 15 is 0 Å². The second-order valence-electron chi connectivity index (χ2n) is 7.38. The Morgan fingerprint density at radius 3 is 2.45 bits per heavy atom. The minimum atomic E-state index is -1.48. The van der Waals surface area contributed by atoms with E-state index in [1.807, 2.05) is 38.1 Å². The minimum absolute atomic E-state index is 0.471. The van der Waals surface area contributed by atoms with Crippen LogP contribution in [0.3, 0.4) is 0 Å². The molecule has 29 heavy (non-hydrogen) atoms. The first-order valence-electron chi connectivity index (χ1n) is 9.42. The summed E-state index contributed by atoms with van der Waals surface area (Å²) < 4.78 is 11.2. The lowest BCUT2D eigenvalue weighted by Gasteiger charge is -2.39. The van der Waals surface area contributed by atoms with E-state index in [2.05, 4.69) is 16.3 Å². The molecule has 1 aliphatic rings. The van der Waals surface area contributed by atoms with Gasteiger partial charge in [-0.3, -0.25) is 5.10 Å². The summed E-state index contributed by atoms with van der Waals surface area (Å²) in [7, 11) is 0. The number of ether oxygens (including phenoxy) is 2. The van der Waals surface area contributed by atoms with E-state index in [9.17, 15) is 20.4 Å². The molecule has 0 radical (unpaired) electrons. The molecule has 2 aromatic carbocycles. The third-order valence-corrected chi connectivity index (χ3v) is 5.34. The predicted octanol–water partition coefficient (Wildman–Crippen LogP) is 1.03. The maximum absolute atomic E-state index is 10.2. The lowest BCUT2D eigenvalue weighted by atomic mass is 9.99. The van der Waals surface area contributed by atoms with Gasteiger partial charge in [-0.15, -0.1) is 0 Å². The number of aromatic amines is 1. The summed E-state index contributed by atoms with van der Waals surface area (Å²) in [6.07, 6.45) is -6.56. The number of rotatable bonds is 4. The van der Waals surface area contributed by atoms with Gasteiger partial charge in [0.25, 0.3) is 0 Å². The van der Waals surface area contributed by atoms with Crippen LogP contribution in [-0.2, 0) is 4.74 Å². The summed E-state index contributed by atoms with van der Waals surface area (Å²) in [6, 6.07) is 11.6. The van der Waals surface area contributed by atoms with Crippen molar-refractivity contribution in [3.8, 4) is 16.9 Å². The Hall–Kier alpha value is -2.49. The van der Waals surface area contributed by atoms with Crippen LogP contribution >= 0.6 is 0 Å². The highest BCUT2D eigenvalue weighted by Gasteiger charge is 2.44. The summed E-state index contributed by atoms with van der Waals surface area (Å²) in [6.45, 7) is 3.34. The number of hydrogen-bond donors (Lipinski definition) is 5. The number of nitrogens with one attached hydrogen (secondary N) is 1. The van der Waals surface area contributed by atoms with Gasteiger partial charge in [-0.1, -0.05) is 12.1 Å². The number of fused-ring (bicyclic) bond motifs is 1. The smallest absolute Gasteiger partial charge is 0.229 e. The molecule has 5 atom stereocenters. The van der Waals surface area contributed by atoms with E-state index in [1.54, 1.807) is 6.07 Å². The van der Waals surface area contributed by atoms with E-state index in [0.717, 1.165) is 33.3 Å². The average molecular weight is 400 g/mol. The molecule has 0 aliphatic carbocycles. The Kier molecular flexibility index (Phi) is 5.28. The molecule has 3 aromatic rings. The molecule has 2 heterocycles. The van der Waals surface area contributed by atoms with Crippen LogP contribution in [-0.4, -0.2) is 67.9 Å². The Bertz CT molecular complexity index is 1020. The molecule has 8 heteroatoms. The maximum Gasteiger partial charge on any atom is 0.229 e. The van der Waals surface area contributed by atoms with Crippen molar-refractivity contribution in [1.82, 2.24) is 10.2 Å². The molecule has 0 saturated carbocycles. The third kappa shape index (κ3) is 3.61. The van der Waals surface area contributed by atoms with E-state index in [1.165, 1.54) is 0 Å². The molecule has 0 unspecified atom stereocenters. The van der Waals surface area contributed by atoms with Gasteiger partial charge in [0.05, 0.1) is 12.1 Å². The van der Waals surface area contributed by atoms with Gasteiger partial charge in [0.2, 0.25) is 6.29 Å². The maximum atomic E-state index is 10.2. The molecule has 8 nitrogen and oxygen atoms in total. The van der Waals surface area contributed by atoms with E-state index < -0.39 is 37.3 Å². The van der Waals surface area contributed by atoms with Crippen molar-refractivity contribution in [3.05, 3.63) is 47.7 Å². The van der Waals surface area contributed by atoms with Gasteiger partial charge in [0.15, 0.2) is 0 Å². The molecule has 154 valence electrons. The number of aromatic nitrogens is 2. The molecule has 5 N–H and O–H groups in total. The molecule has 1 saturated heterocycles. The SMILES string of the molecule is Cc1cc(-c2ccc3n[nH]c(C)c3c2)ccc1O[C@@H]1O[C@@H](CO)[C@H](O)[C@@H](O)[C@H]1O. The molecular formula is C21H24N2O6. The largest absolute Gasteiger partial charge is 0.462 e. The van der Waals surface area contributed by atoms with E-state index in [4.69, 9.17) is 9.47 Å². The lowest BCUT2D eigenvalue weighted by Crippen LogP contribution is -2.60. The highest BCUT2D eigenvalue weighted by atomic mass is 16.7. The van der Waals surface area contributed by atoms with Gasteiger partial charge in [-0.25, -0.2) is 0 Å². The quantitative estimate of drug-likeness (QED) is 0.442. The van der Waals surface area contributed by atoms with Gasteiger partial charge < -0.3 is 29.9 Å². The van der Waals surface area contributed by atoms with Gasteiger partial charge in [0, 0.05) is 11.1 Å². The number of aliphatic hydroxyl groups excluding tert-OH is 4. The Morgan fingerprint density at radius 2 is 1.72 bits per heavy atom. The summed E-state index contributed by atoms with van der Waals surface area (Å²) in [4.78, 5) is 0. The molecule has 0 amide bonds. The first-order valence-corrected chi connectivity index (χ1v) is 9.42. The first kappa shape index (κ1) is 19.8. The molecule has 1 aromatic heterocycles. The summed E-state index contributed by atoms with van der Waals surface area (Å²) in [5, 5.41) is 47.5. The number of aliphatic hydroxyl groups is 4. The van der Waals surface area contributed by atoms with Crippen LogP contribution in [0, 0.1) is 13.8 Å². The number of H-pyrrole nitrogens is 1. The topological polar surface area (TPSA) is 128 Å². The molecule has 1 fully saturated rings. The van der Waals surface area contributed by atoms with Crippen LogP contribution < -0.4 is 4.74 Å². The van der Waals surface area contributed by atoms with E-state index in [-0.39, 0.29) is 0 Å². The fourth-order valence-corrected chi connectivity index (χ4v) is 3.57. The molecule has 0 spiro atoms. The van der Waals surface area contributed by atoms with Gasteiger partial charge in [-0.05, 0) is 54.8 Å². The zero-order valence-corrected chi connectivity index (χ0v) is 16.1. The summed E-state index contributed by atoms with van der Waals surface area (Å²) in [5.41, 5.74) is 4.74. The summed E-state index contributed by atoms with van der Waals surface area (Å²) in [5.74, 6) is 0.471. The zero-order valence-electron chi connectivity index (χ0n) is 16.1. The third-order valence-electron chi connectivity index (χ3n) is 5.34. The number of hydrogen-bond acceptors (Lipinski definition) is 7. The van der Waals surface area contributed by atoms with Crippen LogP contribution in [0.2, 0.25) is 0 Å². The number of benzene rings is 2. The standard InChI is InChI=1S/C21H24N2O6/c1-10-7-12(13-3-5-15-14(8-13)11(2)22-23-15)4-6-16(10)28-21-20(27)19(26)18(25)17(9-24)29-21/h3-8,17-21,24-27H,9H2,1-2H3,(H,22,23)/t17-,18-,19+,20+,21+/m0/s1. The van der Waals surface area contributed by atoms with Crippen molar-refractivity contribution in [3.63, 3.8) is 0 Å². The highest BCUT2D eigenvalue weighted by molar-refractivity contribution is 5.86. The van der Waals surface area contributed by atoms with Crippen LogP contribution in [0.1, 0.15) is 11.3 Å². The summed E-state index contributed by atoms with van der Waals surface area (Å²) >= 11 is 0. The van der Waals surface area contributed by atoms with Crippen molar-refractivity contribution < 1.29 is 29.9 Å². The van der Waals surface area contributed by atoms with Crippen LogP contribution in [0.5, 0.6) is 5.75 Å². The van der Waals surface area contributed by atoms with Crippen molar-refractivity contribution in [2.45, 2.75) is 44.6 Å². The van der Waals surface area contributed by atoms with Crippen LogP contribution in [0.15, 0.2) is 36.4 Å². The van der Waals surface area contributed by atoms with Gasteiger partial charge >= 0.3 is 0 Å². The molecule has 0 bridgehead atoms. The first-order chi connectivity index (χ1) is 13.9. The average Bonchev–Trinajstić information content (AvgIpc) is 3.10. The Balaban J connectivity index is 1.57. The van der Waals surface area contributed by atoms with Crippen molar-refractivity contribution in [2.75, 3.05) is 6.61 Å². The second kappa shape index (κ2) is 7.74. The number of nitrogens with zero attached hydrogens (tertiary/aromatic N) is 1. The highest BCUT2D eigenvalue weighted by Crippen LogP contribution is 2.31. The molecular weight excluding hydrogens is 376 g/mol. The fourth-order valence-electron chi connectivity index (χ4n) is 3.57. The van der Waals surface area contributed by atoms with Crippen molar-refractivity contribution in [2.24, 2.45) is 0 Å². The molecule has 1 aliphatic heterocycles. The number of aryl methyl sites for hydroxylation is 2. The van der Waals surface area contributed by atoms with Gasteiger partial charge in [0.1, 0.15) is 30.2 Å². The minimum Gasteiger partial charge on any atom is -0.462 e. The van der Waals surface area contributed by atoms with Crippen LogP contribution in [0.25, 0.3) is 22.0 Å². The predicted molar refractivity (Wildman–Crippen MR) is 105 cm³/mol.